The molecule has 2 aliphatic rings. The number of hydrogen-bond donors (Lipinski definition) is 0. The zero-order valence-corrected chi connectivity index (χ0v) is 11.3. The second-order valence-electron chi connectivity index (χ2n) is 5.22. The minimum Gasteiger partial charge on any atom is -0.327 e. The lowest BCUT2D eigenvalue weighted by Gasteiger charge is -2.33. The molecule has 1 unspecified atom stereocenters. The highest BCUT2D eigenvalue weighted by Gasteiger charge is 2.41. The molecule has 0 saturated carbocycles. The third kappa shape index (κ3) is 1.81. The number of carbonyl (C=O) groups excluding carboxylic acids is 3. The van der Waals surface area contributed by atoms with Gasteiger partial charge in [0.2, 0.25) is 5.91 Å². The summed E-state index contributed by atoms with van der Waals surface area (Å²) in [6.07, 6.45) is 2.43. The van der Waals surface area contributed by atoms with E-state index in [1.165, 1.54) is 6.92 Å². The number of carbonyl (C=O) groups is 3. The molecule has 0 radical (unpaired) electrons. The fourth-order valence-corrected chi connectivity index (χ4v) is 3.03. The van der Waals surface area contributed by atoms with Gasteiger partial charge in [0.15, 0.2) is 0 Å². The van der Waals surface area contributed by atoms with Crippen LogP contribution >= 0.6 is 0 Å². The molecule has 1 aromatic rings. The average molecular weight is 272 g/mol. The topological polar surface area (TPSA) is 57.7 Å². The van der Waals surface area contributed by atoms with Gasteiger partial charge in [-0.2, -0.15) is 0 Å². The summed E-state index contributed by atoms with van der Waals surface area (Å²) in [4.78, 5) is 39.9. The number of fused-ring (bicyclic) bond motifs is 2. The fraction of sp³-hybridized carbons (Fsp3) is 0.400. The standard InChI is InChI=1S/C15H16N2O3/c1-10(18)17-12-7-3-2-6-11(12)14(19)16-9-5-4-8-13(16)15(17)20/h2-3,6-7,13H,4-5,8-9H2,1H3. The van der Waals surface area contributed by atoms with Crippen molar-refractivity contribution in [3.63, 3.8) is 0 Å². The van der Waals surface area contributed by atoms with Crippen LogP contribution in [0.25, 0.3) is 0 Å². The van der Waals surface area contributed by atoms with Crippen LogP contribution in [0.5, 0.6) is 0 Å². The summed E-state index contributed by atoms with van der Waals surface area (Å²) >= 11 is 0. The van der Waals surface area contributed by atoms with E-state index in [0.717, 1.165) is 17.7 Å². The maximum atomic E-state index is 12.6. The maximum Gasteiger partial charge on any atom is 0.256 e. The first-order valence-electron chi connectivity index (χ1n) is 6.86. The summed E-state index contributed by atoms with van der Waals surface area (Å²) in [5, 5.41) is 0. The van der Waals surface area contributed by atoms with E-state index in [4.69, 9.17) is 0 Å². The van der Waals surface area contributed by atoms with Gasteiger partial charge in [-0.3, -0.25) is 14.4 Å². The molecular weight excluding hydrogens is 256 g/mol. The highest BCUT2D eigenvalue weighted by atomic mass is 16.2. The van der Waals surface area contributed by atoms with Crippen LogP contribution in [0.3, 0.4) is 0 Å². The molecule has 104 valence electrons. The molecule has 0 bridgehead atoms. The molecule has 2 heterocycles. The van der Waals surface area contributed by atoms with Crippen molar-refractivity contribution in [1.29, 1.82) is 0 Å². The van der Waals surface area contributed by atoms with Crippen molar-refractivity contribution in [2.45, 2.75) is 32.2 Å². The van der Waals surface area contributed by atoms with Gasteiger partial charge in [0.25, 0.3) is 11.8 Å². The van der Waals surface area contributed by atoms with E-state index in [1.54, 1.807) is 29.2 Å². The molecule has 3 rings (SSSR count). The van der Waals surface area contributed by atoms with E-state index in [1.807, 2.05) is 0 Å². The normalized spacial score (nSPS) is 22.1. The Balaban J connectivity index is 2.18. The van der Waals surface area contributed by atoms with E-state index in [9.17, 15) is 14.4 Å². The van der Waals surface area contributed by atoms with Crippen molar-refractivity contribution >= 4 is 23.4 Å². The third-order valence-corrected chi connectivity index (χ3v) is 3.96. The van der Waals surface area contributed by atoms with Gasteiger partial charge in [-0.15, -0.1) is 0 Å². The number of piperidine rings is 1. The highest BCUT2D eigenvalue weighted by Crippen LogP contribution is 2.31. The van der Waals surface area contributed by atoms with Gasteiger partial charge in [0.1, 0.15) is 6.04 Å². The SMILES string of the molecule is CC(=O)N1C(=O)C2CCCCN2C(=O)c2ccccc21. The summed E-state index contributed by atoms with van der Waals surface area (Å²) in [5.74, 6) is -0.777. The van der Waals surface area contributed by atoms with Crippen LogP contribution in [0.2, 0.25) is 0 Å². The lowest BCUT2D eigenvalue weighted by Crippen LogP contribution is -2.51. The molecule has 0 N–H and O–H groups in total. The number of rotatable bonds is 0. The van der Waals surface area contributed by atoms with Crippen molar-refractivity contribution in [1.82, 2.24) is 4.90 Å². The lowest BCUT2D eigenvalue weighted by atomic mass is 10.0. The zero-order valence-electron chi connectivity index (χ0n) is 11.3. The highest BCUT2D eigenvalue weighted by molar-refractivity contribution is 6.21. The lowest BCUT2D eigenvalue weighted by molar-refractivity contribution is -0.128. The second-order valence-corrected chi connectivity index (χ2v) is 5.22. The monoisotopic (exact) mass is 272 g/mol. The van der Waals surface area contributed by atoms with Crippen molar-refractivity contribution in [2.24, 2.45) is 0 Å². The van der Waals surface area contributed by atoms with Gasteiger partial charge in [-0.25, -0.2) is 4.90 Å². The Labute approximate surface area is 117 Å². The first kappa shape index (κ1) is 12.8. The maximum absolute atomic E-state index is 12.6. The van der Waals surface area contributed by atoms with E-state index < -0.39 is 6.04 Å². The van der Waals surface area contributed by atoms with Crippen LogP contribution < -0.4 is 4.90 Å². The minimum absolute atomic E-state index is 0.151. The van der Waals surface area contributed by atoms with Crippen molar-refractivity contribution in [3.05, 3.63) is 29.8 Å². The first-order valence-corrected chi connectivity index (χ1v) is 6.86. The van der Waals surface area contributed by atoms with Gasteiger partial charge in [-0.05, 0) is 31.4 Å². The Morgan fingerprint density at radius 1 is 1.20 bits per heavy atom. The Hall–Kier alpha value is -2.17. The molecule has 1 aromatic carbocycles. The molecule has 0 spiro atoms. The number of anilines is 1. The average Bonchev–Trinajstić information content (AvgIpc) is 2.55. The Kier molecular flexibility index (Phi) is 3.04. The molecule has 1 saturated heterocycles. The Morgan fingerprint density at radius 3 is 2.70 bits per heavy atom. The number of nitrogens with zero attached hydrogens (tertiary/aromatic N) is 2. The van der Waals surface area contributed by atoms with Crippen molar-refractivity contribution in [2.75, 3.05) is 11.4 Å². The number of para-hydroxylation sites is 1. The second kappa shape index (κ2) is 4.74. The Morgan fingerprint density at radius 2 is 1.95 bits per heavy atom. The predicted octanol–water partition coefficient (Wildman–Crippen LogP) is 1.57. The summed E-state index contributed by atoms with van der Waals surface area (Å²) in [6, 6.07) is 6.32. The summed E-state index contributed by atoms with van der Waals surface area (Å²) < 4.78 is 0. The third-order valence-electron chi connectivity index (χ3n) is 3.96. The molecule has 0 aliphatic carbocycles. The quantitative estimate of drug-likeness (QED) is 0.720. The van der Waals surface area contributed by atoms with Crippen molar-refractivity contribution < 1.29 is 14.4 Å². The number of imide groups is 1. The molecule has 1 atom stereocenters. The zero-order chi connectivity index (χ0) is 14.3. The van der Waals surface area contributed by atoms with E-state index >= 15 is 0 Å². The van der Waals surface area contributed by atoms with Gasteiger partial charge < -0.3 is 4.90 Å². The van der Waals surface area contributed by atoms with Crippen LogP contribution in [-0.4, -0.2) is 35.2 Å². The molecule has 3 amide bonds. The summed E-state index contributed by atoms with van der Waals surface area (Å²) in [7, 11) is 0. The largest absolute Gasteiger partial charge is 0.327 e. The van der Waals surface area contributed by atoms with Gasteiger partial charge >= 0.3 is 0 Å². The molecule has 1 fully saturated rings. The van der Waals surface area contributed by atoms with Crippen molar-refractivity contribution in [3.8, 4) is 0 Å². The Bertz CT molecular complexity index is 597. The first-order chi connectivity index (χ1) is 9.61. The molecule has 20 heavy (non-hydrogen) atoms. The molecule has 5 heteroatoms. The van der Waals surface area contributed by atoms with Gasteiger partial charge in [0.05, 0.1) is 11.3 Å². The molecule has 5 nitrogen and oxygen atoms in total. The molecule has 2 aliphatic heterocycles. The van der Waals surface area contributed by atoms with Gasteiger partial charge in [-0.1, -0.05) is 12.1 Å². The van der Waals surface area contributed by atoms with E-state index in [-0.39, 0.29) is 17.7 Å². The molecular formula is C15H16N2O3. The minimum atomic E-state index is -0.507. The van der Waals surface area contributed by atoms with Crippen LogP contribution in [0.4, 0.5) is 5.69 Å². The van der Waals surface area contributed by atoms with Crippen LogP contribution in [0.1, 0.15) is 36.5 Å². The van der Waals surface area contributed by atoms with E-state index in [0.29, 0.717) is 24.2 Å². The number of benzene rings is 1. The smallest absolute Gasteiger partial charge is 0.256 e. The van der Waals surface area contributed by atoms with Crippen LogP contribution in [0.15, 0.2) is 24.3 Å². The summed E-state index contributed by atoms with van der Waals surface area (Å²) in [6.45, 7) is 1.94. The van der Waals surface area contributed by atoms with Crippen LogP contribution in [-0.2, 0) is 9.59 Å². The van der Waals surface area contributed by atoms with Gasteiger partial charge in [0, 0.05) is 13.5 Å². The van der Waals surface area contributed by atoms with E-state index in [2.05, 4.69) is 0 Å². The van der Waals surface area contributed by atoms with Crippen LogP contribution in [0, 0.1) is 0 Å². The number of amides is 3. The summed E-state index contributed by atoms with van der Waals surface area (Å²) in [5.41, 5.74) is 0.838. The number of hydrogen-bond acceptors (Lipinski definition) is 3. The fourth-order valence-electron chi connectivity index (χ4n) is 3.03. The predicted molar refractivity (Wildman–Crippen MR) is 73.3 cm³/mol. The molecule has 0 aromatic heterocycles.